The first-order chi connectivity index (χ1) is 10.8. The third-order valence-electron chi connectivity index (χ3n) is 3.91. The summed E-state index contributed by atoms with van der Waals surface area (Å²) in [6, 6.07) is 0. The molecule has 1 aliphatic rings. The van der Waals surface area contributed by atoms with Crippen molar-refractivity contribution in [2.75, 3.05) is 6.61 Å². The fraction of sp³-hybridized carbons (Fsp3) is 0.462. The maximum absolute atomic E-state index is 13.7. The molecular formula is C13H14FN3O6. The number of H-pyrrole nitrogens is 1. The Bertz CT molecular complexity index is 878. The van der Waals surface area contributed by atoms with E-state index in [2.05, 4.69) is 9.97 Å². The minimum absolute atomic E-state index is 0.0169. The van der Waals surface area contributed by atoms with Crippen LogP contribution in [0.15, 0.2) is 15.8 Å². The van der Waals surface area contributed by atoms with Crippen molar-refractivity contribution < 1.29 is 24.4 Å². The number of aliphatic hydroxyl groups excluding tert-OH is 3. The van der Waals surface area contributed by atoms with Crippen LogP contribution in [0.4, 0.5) is 4.39 Å². The smallest absolute Gasteiger partial charge is 0.351 e. The lowest BCUT2D eigenvalue weighted by atomic mass is 10.1. The second kappa shape index (κ2) is 5.49. The molecule has 23 heavy (non-hydrogen) atoms. The highest BCUT2D eigenvalue weighted by Gasteiger charge is 2.43. The predicted molar refractivity (Wildman–Crippen MR) is 74.3 cm³/mol. The van der Waals surface area contributed by atoms with Gasteiger partial charge < -0.3 is 25.0 Å². The normalized spacial score (nSPS) is 27.7. The van der Waals surface area contributed by atoms with Crippen LogP contribution in [-0.2, 0) is 4.74 Å². The first-order valence-corrected chi connectivity index (χ1v) is 6.79. The Morgan fingerprint density at radius 1 is 1.39 bits per heavy atom. The second-order valence-corrected chi connectivity index (χ2v) is 5.31. The van der Waals surface area contributed by atoms with E-state index in [1.165, 1.54) is 13.1 Å². The van der Waals surface area contributed by atoms with Crippen LogP contribution >= 0.6 is 0 Å². The summed E-state index contributed by atoms with van der Waals surface area (Å²) in [6.45, 7) is 0.798. The standard InChI is InChI=1S/C13H14FN3O6/c1-4-5-2-17(12-9(20)8(19)6(3-18)23-12)13(22)16-10(5)15-11(21)7(4)14/h2,6,8-9,12,18-20H,3H2,1H3,(H,15,16,21,22)/t6-,8?,9+,12-/m1/s1. The SMILES string of the molecule is Cc1c(F)c(=O)[nH]c2nc(=O)n([C@@H]3O[C@H](CO)C(O)[C@@H]3O)cc12. The molecule has 124 valence electrons. The molecule has 4 atom stereocenters. The Hall–Kier alpha value is -2.14. The fourth-order valence-corrected chi connectivity index (χ4v) is 2.58. The van der Waals surface area contributed by atoms with Crippen molar-refractivity contribution in [3.8, 4) is 0 Å². The number of halogens is 1. The van der Waals surface area contributed by atoms with Crippen molar-refractivity contribution in [1.29, 1.82) is 0 Å². The molecule has 0 saturated carbocycles. The lowest BCUT2D eigenvalue weighted by Gasteiger charge is -2.17. The first kappa shape index (κ1) is 15.7. The van der Waals surface area contributed by atoms with Gasteiger partial charge in [-0.2, -0.15) is 4.98 Å². The van der Waals surface area contributed by atoms with Crippen LogP contribution < -0.4 is 11.2 Å². The van der Waals surface area contributed by atoms with Crippen LogP contribution in [0.3, 0.4) is 0 Å². The molecule has 0 radical (unpaired) electrons. The van der Waals surface area contributed by atoms with Crippen molar-refractivity contribution in [1.82, 2.24) is 14.5 Å². The summed E-state index contributed by atoms with van der Waals surface area (Å²) in [5.41, 5.74) is -1.97. The average molecular weight is 327 g/mol. The summed E-state index contributed by atoms with van der Waals surface area (Å²) in [4.78, 5) is 29.2. The van der Waals surface area contributed by atoms with Crippen LogP contribution in [0.25, 0.3) is 11.0 Å². The molecule has 10 heteroatoms. The monoisotopic (exact) mass is 327 g/mol. The number of pyridine rings is 1. The van der Waals surface area contributed by atoms with Crippen molar-refractivity contribution in [2.45, 2.75) is 31.5 Å². The molecule has 0 bridgehead atoms. The molecule has 0 aliphatic carbocycles. The molecule has 4 N–H and O–H groups in total. The Labute approximate surface area is 127 Å². The van der Waals surface area contributed by atoms with Crippen molar-refractivity contribution in [3.05, 3.63) is 38.4 Å². The van der Waals surface area contributed by atoms with Crippen LogP contribution in [0.2, 0.25) is 0 Å². The Morgan fingerprint density at radius 3 is 2.70 bits per heavy atom. The van der Waals surface area contributed by atoms with Crippen molar-refractivity contribution in [3.63, 3.8) is 0 Å². The average Bonchev–Trinajstić information content (AvgIpc) is 2.80. The molecule has 1 aliphatic heterocycles. The molecule has 1 unspecified atom stereocenters. The fourth-order valence-electron chi connectivity index (χ4n) is 2.58. The first-order valence-electron chi connectivity index (χ1n) is 6.79. The van der Waals surface area contributed by atoms with Gasteiger partial charge in [0.25, 0.3) is 5.56 Å². The number of hydrogen-bond donors (Lipinski definition) is 4. The second-order valence-electron chi connectivity index (χ2n) is 5.31. The van der Waals surface area contributed by atoms with Crippen LogP contribution in [0, 0.1) is 12.7 Å². The van der Waals surface area contributed by atoms with E-state index < -0.39 is 48.2 Å². The van der Waals surface area contributed by atoms with Gasteiger partial charge in [-0.25, -0.2) is 9.18 Å². The van der Waals surface area contributed by atoms with E-state index in [9.17, 15) is 24.2 Å². The van der Waals surface area contributed by atoms with Gasteiger partial charge in [-0.15, -0.1) is 0 Å². The van der Waals surface area contributed by atoms with E-state index in [4.69, 9.17) is 9.84 Å². The van der Waals surface area contributed by atoms with E-state index in [0.29, 0.717) is 0 Å². The van der Waals surface area contributed by atoms with Gasteiger partial charge in [0.1, 0.15) is 24.0 Å². The highest BCUT2D eigenvalue weighted by molar-refractivity contribution is 5.77. The summed E-state index contributed by atoms with van der Waals surface area (Å²) in [5.74, 6) is -1.01. The zero-order chi connectivity index (χ0) is 16.9. The molecule has 3 rings (SSSR count). The summed E-state index contributed by atoms with van der Waals surface area (Å²) in [7, 11) is 0. The summed E-state index contributed by atoms with van der Waals surface area (Å²) in [5, 5.41) is 29.0. The Morgan fingerprint density at radius 2 is 2.09 bits per heavy atom. The maximum Gasteiger partial charge on any atom is 0.351 e. The maximum atomic E-state index is 13.7. The van der Waals surface area contributed by atoms with Crippen molar-refractivity contribution in [2.24, 2.45) is 0 Å². The molecule has 1 saturated heterocycles. The van der Waals surface area contributed by atoms with E-state index in [-0.39, 0.29) is 16.6 Å². The van der Waals surface area contributed by atoms with E-state index >= 15 is 0 Å². The number of aryl methyl sites for hydroxylation is 1. The zero-order valence-electron chi connectivity index (χ0n) is 11.9. The number of nitrogens with zero attached hydrogens (tertiary/aromatic N) is 2. The van der Waals surface area contributed by atoms with E-state index in [1.54, 1.807) is 0 Å². The predicted octanol–water partition coefficient (Wildman–Crippen LogP) is -1.86. The lowest BCUT2D eigenvalue weighted by Crippen LogP contribution is -2.36. The summed E-state index contributed by atoms with van der Waals surface area (Å²) >= 11 is 0. The van der Waals surface area contributed by atoms with Gasteiger partial charge in [-0.05, 0) is 6.92 Å². The van der Waals surface area contributed by atoms with Crippen molar-refractivity contribution >= 4 is 11.0 Å². The van der Waals surface area contributed by atoms with Crippen LogP contribution in [0.5, 0.6) is 0 Å². The quantitative estimate of drug-likeness (QED) is 0.508. The molecule has 0 amide bonds. The molecule has 0 spiro atoms. The van der Waals surface area contributed by atoms with E-state index in [0.717, 1.165) is 4.57 Å². The zero-order valence-corrected chi connectivity index (χ0v) is 11.9. The molecule has 2 aromatic rings. The third kappa shape index (κ3) is 2.36. The van der Waals surface area contributed by atoms with Gasteiger partial charge >= 0.3 is 5.69 Å². The summed E-state index contributed by atoms with van der Waals surface area (Å²) in [6.07, 6.45) is -4.04. The Balaban J connectivity index is 2.18. The summed E-state index contributed by atoms with van der Waals surface area (Å²) < 4.78 is 19.9. The minimum atomic E-state index is -1.47. The van der Waals surface area contributed by atoms with Gasteiger partial charge in [0.15, 0.2) is 12.0 Å². The molecule has 9 nitrogen and oxygen atoms in total. The highest BCUT2D eigenvalue weighted by atomic mass is 19.1. The highest BCUT2D eigenvalue weighted by Crippen LogP contribution is 2.28. The Kier molecular flexibility index (Phi) is 3.76. The van der Waals surface area contributed by atoms with Crippen LogP contribution in [-0.4, -0.2) is 54.8 Å². The van der Waals surface area contributed by atoms with Crippen LogP contribution in [0.1, 0.15) is 11.8 Å². The molecular weight excluding hydrogens is 313 g/mol. The number of fused-ring (bicyclic) bond motifs is 1. The molecule has 3 heterocycles. The lowest BCUT2D eigenvalue weighted by molar-refractivity contribution is -0.0547. The number of aliphatic hydroxyl groups is 3. The van der Waals surface area contributed by atoms with Gasteiger partial charge in [-0.1, -0.05) is 0 Å². The van der Waals surface area contributed by atoms with Gasteiger partial charge in [0.05, 0.1) is 6.61 Å². The number of aromatic amines is 1. The van der Waals surface area contributed by atoms with E-state index in [1.807, 2.05) is 0 Å². The molecule has 1 fully saturated rings. The largest absolute Gasteiger partial charge is 0.394 e. The molecule has 2 aromatic heterocycles. The number of aromatic nitrogens is 3. The number of ether oxygens (including phenoxy) is 1. The topological polar surface area (TPSA) is 138 Å². The van der Waals surface area contributed by atoms with Gasteiger partial charge in [0, 0.05) is 17.1 Å². The minimum Gasteiger partial charge on any atom is -0.394 e. The third-order valence-corrected chi connectivity index (χ3v) is 3.91. The number of nitrogens with one attached hydrogen (secondary N) is 1. The molecule has 0 aromatic carbocycles. The van der Waals surface area contributed by atoms with Gasteiger partial charge in [0.2, 0.25) is 0 Å². The number of rotatable bonds is 2. The number of hydrogen-bond acceptors (Lipinski definition) is 7. The van der Waals surface area contributed by atoms with Gasteiger partial charge in [-0.3, -0.25) is 9.36 Å².